The van der Waals surface area contributed by atoms with Crippen LogP contribution in [-0.4, -0.2) is 28.7 Å². The fourth-order valence-corrected chi connectivity index (χ4v) is 4.78. The average Bonchev–Trinajstić information content (AvgIpc) is 2.93. The van der Waals surface area contributed by atoms with Gasteiger partial charge in [0.05, 0.1) is 10.0 Å². The van der Waals surface area contributed by atoms with Crippen molar-refractivity contribution in [3.63, 3.8) is 0 Å². The Labute approximate surface area is 131 Å². The third-order valence-corrected chi connectivity index (χ3v) is 6.54. The molecule has 5 nitrogen and oxygen atoms in total. The zero-order valence-electron chi connectivity index (χ0n) is 11.1. The Bertz CT molecular complexity index is 772. The van der Waals surface area contributed by atoms with Crippen LogP contribution in [-0.2, 0) is 10.0 Å². The molecule has 3 rings (SSSR count). The Morgan fingerprint density at radius 3 is 2.52 bits per heavy atom. The number of benzene rings is 1. The second-order valence-corrected chi connectivity index (χ2v) is 8.27. The molecule has 21 heavy (non-hydrogen) atoms. The van der Waals surface area contributed by atoms with E-state index in [1.54, 1.807) is 24.3 Å². The third kappa shape index (κ3) is 2.68. The van der Waals surface area contributed by atoms with E-state index in [4.69, 9.17) is 21.1 Å². The molecule has 0 spiro atoms. The normalized spacial score (nSPS) is 14.0. The van der Waals surface area contributed by atoms with Gasteiger partial charge in [-0.25, -0.2) is 8.42 Å². The first-order chi connectivity index (χ1) is 9.98. The summed E-state index contributed by atoms with van der Waals surface area (Å²) in [7, 11) is -2.13. The highest BCUT2D eigenvalue weighted by molar-refractivity contribution is 7.94. The van der Waals surface area contributed by atoms with Crippen molar-refractivity contribution in [3.8, 4) is 11.5 Å². The van der Waals surface area contributed by atoms with Gasteiger partial charge < -0.3 is 9.47 Å². The van der Waals surface area contributed by atoms with Crippen molar-refractivity contribution in [2.75, 3.05) is 24.6 Å². The van der Waals surface area contributed by atoms with Crippen LogP contribution in [0, 0.1) is 0 Å². The number of anilines is 1. The highest BCUT2D eigenvalue weighted by Crippen LogP contribution is 2.36. The summed E-state index contributed by atoms with van der Waals surface area (Å²) >= 11 is 6.84. The van der Waals surface area contributed by atoms with Gasteiger partial charge in [-0.3, -0.25) is 4.31 Å². The Morgan fingerprint density at radius 2 is 1.86 bits per heavy atom. The quantitative estimate of drug-likeness (QED) is 0.858. The van der Waals surface area contributed by atoms with Crippen LogP contribution in [0.2, 0.25) is 4.34 Å². The number of ether oxygens (including phenoxy) is 2. The molecule has 1 aliphatic heterocycles. The second-order valence-electron chi connectivity index (χ2n) is 4.36. The van der Waals surface area contributed by atoms with Crippen LogP contribution in [0.4, 0.5) is 5.69 Å². The van der Waals surface area contributed by atoms with E-state index >= 15 is 0 Å². The predicted octanol–water partition coefficient (Wildman–Crippen LogP) is 3.00. The lowest BCUT2D eigenvalue weighted by atomic mass is 10.2. The van der Waals surface area contributed by atoms with Gasteiger partial charge in [0.1, 0.15) is 17.4 Å². The molecule has 0 N–H and O–H groups in total. The summed E-state index contributed by atoms with van der Waals surface area (Å²) in [5.74, 6) is 1.17. The summed E-state index contributed by atoms with van der Waals surface area (Å²) in [6, 6.07) is 8.10. The van der Waals surface area contributed by atoms with Gasteiger partial charge >= 0.3 is 0 Å². The van der Waals surface area contributed by atoms with Gasteiger partial charge in [-0.2, -0.15) is 0 Å². The van der Waals surface area contributed by atoms with Crippen LogP contribution in [0.5, 0.6) is 11.5 Å². The minimum absolute atomic E-state index is 0.199. The zero-order valence-corrected chi connectivity index (χ0v) is 13.5. The standard InChI is InChI=1S/C13H12ClNO4S2/c1-15(21(16,17)13-5-4-12(14)20-13)9-2-3-10-11(8-9)19-7-6-18-10/h2-5,8H,6-7H2,1H3. The maximum absolute atomic E-state index is 12.5. The number of hydrogen-bond donors (Lipinski definition) is 0. The van der Waals surface area contributed by atoms with E-state index in [-0.39, 0.29) is 4.21 Å². The first-order valence-electron chi connectivity index (χ1n) is 6.12. The fraction of sp³-hybridized carbons (Fsp3) is 0.231. The van der Waals surface area contributed by atoms with Crippen molar-refractivity contribution in [3.05, 3.63) is 34.7 Å². The molecule has 0 unspecified atom stereocenters. The lowest BCUT2D eigenvalue weighted by molar-refractivity contribution is 0.171. The molecular weight excluding hydrogens is 334 g/mol. The van der Waals surface area contributed by atoms with Crippen LogP contribution in [0.3, 0.4) is 0 Å². The Morgan fingerprint density at radius 1 is 1.14 bits per heavy atom. The van der Waals surface area contributed by atoms with Crippen molar-refractivity contribution in [2.24, 2.45) is 0 Å². The topological polar surface area (TPSA) is 55.8 Å². The number of rotatable bonds is 3. The van der Waals surface area contributed by atoms with E-state index < -0.39 is 10.0 Å². The third-order valence-electron chi connectivity index (χ3n) is 3.05. The predicted molar refractivity (Wildman–Crippen MR) is 82.3 cm³/mol. The average molecular weight is 346 g/mol. The number of fused-ring (bicyclic) bond motifs is 1. The number of sulfonamides is 1. The summed E-state index contributed by atoms with van der Waals surface area (Å²) in [6.07, 6.45) is 0. The lowest BCUT2D eigenvalue weighted by Crippen LogP contribution is -2.26. The Kier molecular flexibility index (Phi) is 3.73. The lowest BCUT2D eigenvalue weighted by Gasteiger charge is -2.22. The molecule has 1 aromatic heterocycles. The van der Waals surface area contributed by atoms with E-state index in [1.807, 2.05) is 0 Å². The molecule has 0 fully saturated rings. The van der Waals surface area contributed by atoms with Crippen LogP contribution < -0.4 is 13.8 Å². The molecule has 112 valence electrons. The van der Waals surface area contributed by atoms with Crippen LogP contribution in [0.1, 0.15) is 0 Å². The van der Waals surface area contributed by atoms with E-state index in [1.165, 1.54) is 17.4 Å². The first-order valence-corrected chi connectivity index (χ1v) is 8.76. The van der Waals surface area contributed by atoms with Crippen LogP contribution in [0.25, 0.3) is 0 Å². The van der Waals surface area contributed by atoms with Crippen molar-refractivity contribution in [1.82, 2.24) is 0 Å². The number of hydrogen-bond acceptors (Lipinski definition) is 5. The Balaban J connectivity index is 1.96. The highest BCUT2D eigenvalue weighted by atomic mass is 35.5. The van der Waals surface area contributed by atoms with Crippen LogP contribution >= 0.6 is 22.9 Å². The summed E-state index contributed by atoms with van der Waals surface area (Å²) in [6.45, 7) is 0.946. The van der Waals surface area contributed by atoms with Gasteiger partial charge in [0.25, 0.3) is 10.0 Å². The van der Waals surface area contributed by atoms with Crippen LogP contribution in [0.15, 0.2) is 34.5 Å². The minimum Gasteiger partial charge on any atom is -0.486 e. The van der Waals surface area contributed by atoms with Crippen molar-refractivity contribution < 1.29 is 17.9 Å². The molecule has 2 aromatic rings. The smallest absolute Gasteiger partial charge is 0.273 e. The molecule has 0 saturated heterocycles. The molecule has 0 bridgehead atoms. The van der Waals surface area contributed by atoms with Crippen molar-refractivity contribution in [1.29, 1.82) is 0 Å². The van der Waals surface area contributed by atoms with Gasteiger partial charge in [0, 0.05) is 13.1 Å². The molecule has 0 amide bonds. The maximum atomic E-state index is 12.5. The monoisotopic (exact) mass is 345 g/mol. The minimum atomic E-state index is -3.63. The largest absolute Gasteiger partial charge is 0.486 e. The van der Waals surface area contributed by atoms with E-state index in [0.717, 1.165) is 11.3 Å². The van der Waals surface area contributed by atoms with Gasteiger partial charge in [-0.15, -0.1) is 11.3 Å². The first kappa shape index (κ1) is 14.5. The molecule has 1 aliphatic rings. The van der Waals surface area contributed by atoms with Gasteiger partial charge in [0.15, 0.2) is 11.5 Å². The Hall–Kier alpha value is -1.44. The second kappa shape index (κ2) is 5.40. The summed E-state index contributed by atoms with van der Waals surface area (Å²) in [5.41, 5.74) is 0.503. The number of thiophene rings is 1. The number of halogens is 1. The number of nitrogens with zero attached hydrogens (tertiary/aromatic N) is 1. The van der Waals surface area contributed by atoms with Gasteiger partial charge in [0.2, 0.25) is 0 Å². The molecule has 0 saturated carbocycles. The van der Waals surface area contributed by atoms with E-state index in [0.29, 0.717) is 34.7 Å². The highest BCUT2D eigenvalue weighted by Gasteiger charge is 2.24. The molecule has 0 atom stereocenters. The van der Waals surface area contributed by atoms with Crippen molar-refractivity contribution in [2.45, 2.75) is 4.21 Å². The molecular formula is C13H12ClNO4S2. The molecule has 0 aliphatic carbocycles. The summed E-state index contributed by atoms with van der Waals surface area (Å²) < 4.78 is 37.8. The van der Waals surface area contributed by atoms with Gasteiger partial charge in [-0.05, 0) is 24.3 Å². The molecule has 8 heteroatoms. The van der Waals surface area contributed by atoms with E-state index in [2.05, 4.69) is 0 Å². The fourth-order valence-electron chi connectivity index (χ4n) is 1.94. The molecule has 2 heterocycles. The van der Waals surface area contributed by atoms with Gasteiger partial charge in [-0.1, -0.05) is 11.6 Å². The SMILES string of the molecule is CN(c1ccc2c(c1)OCCO2)S(=O)(=O)c1ccc(Cl)s1. The maximum Gasteiger partial charge on any atom is 0.273 e. The van der Waals surface area contributed by atoms with E-state index in [9.17, 15) is 8.42 Å². The summed E-state index contributed by atoms with van der Waals surface area (Å²) in [4.78, 5) is 0. The molecule has 1 aromatic carbocycles. The molecule has 0 radical (unpaired) electrons. The summed E-state index contributed by atoms with van der Waals surface area (Å²) in [5, 5.41) is 0. The zero-order chi connectivity index (χ0) is 15.0. The van der Waals surface area contributed by atoms with Crippen molar-refractivity contribution >= 4 is 38.6 Å².